The minimum Gasteiger partial charge on any atom is -0.379 e. The average Bonchev–Trinajstić information content (AvgIpc) is 2.29. The van der Waals surface area contributed by atoms with Crippen molar-refractivity contribution in [2.24, 2.45) is 0 Å². The van der Waals surface area contributed by atoms with Gasteiger partial charge < -0.3 is 10.1 Å². The highest BCUT2D eigenvalue weighted by molar-refractivity contribution is 5.27. The summed E-state index contributed by atoms with van der Waals surface area (Å²) in [6, 6.07) is 5.30. The van der Waals surface area contributed by atoms with Crippen molar-refractivity contribution < 1.29 is 9.13 Å². The van der Waals surface area contributed by atoms with Crippen molar-refractivity contribution >= 4 is 0 Å². The normalized spacial score (nSPS) is 14.8. The fraction of sp³-hybridized carbons (Fsp3) is 0.538. The van der Waals surface area contributed by atoms with E-state index in [9.17, 15) is 4.39 Å². The third-order valence-corrected chi connectivity index (χ3v) is 2.93. The van der Waals surface area contributed by atoms with Crippen LogP contribution in [0.2, 0.25) is 0 Å². The van der Waals surface area contributed by atoms with E-state index >= 15 is 0 Å². The number of rotatable bonds is 5. The van der Waals surface area contributed by atoms with Crippen LogP contribution in [0.3, 0.4) is 0 Å². The van der Waals surface area contributed by atoms with Crippen molar-refractivity contribution in [2.45, 2.75) is 32.4 Å². The van der Waals surface area contributed by atoms with Gasteiger partial charge in [-0.25, -0.2) is 4.39 Å². The molecule has 0 amide bonds. The zero-order chi connectivity index (χ0) is 12.1. The molecule has 2 nitrogen and oxygen atoms in total. The van der Waals surface area contributed by atoms with Gasteiger partial charge >= 0.3 is 0 Å². The fourth-order valence-electron chi connectivity index (χ4n) is 1.97. The third kappa shape index (κ3) is 2.80. The van der Waals surface area contributed by atoms with Crippen LogP contribution in [0.1, 0.15) is 30.5 Å². The largest absolute Gasteiger partial charge is 0.379 e. The zero-order valence-corrected chi connectivity index (χ0v) is 10.4. The van der Waals surface area contributed by atoms with E-state index in [1.54, 1.807) is 14.0 Å². The lowest BCUT2D eigenvalue weighted by Gasteiger charge is -2.25. The standard InChI is InChI=1S/C13H20FNO/c1-5-12(16-4)13(15-3)10-6-7-11(14)9(2)8-10/h6-8,12-13,15H,5H2,1-4H3. The molecule has 1 aromatic carbocycles. The number of aryl methyl sites for hydroxylation is 1. The summed E-state index contributed by atoms with van der Waals surface area (Å²) in [6.45, 7) is 3.86. The van der Waals surface area contributed by atoms with Gasteiger partial charge in [-0.15, -0.1) is 0 Å². The van der Waals surface area contributed by atoms with E-state index < -0.39 is 0 Å². The summed E-state index contributed by atoms with van der Waals surface area (Å²) in [4.78, 5) is 0. The van der Waals surface area contributed by atoms with Crippen LogP contribution in [-0.4, -0.2) is 20.3 Å². The number of nitrogens with one attached hydrogen (secondary N) is 1. The van der Waals surface area contributed by atoms with Gasteiger partial charge in [-0.05, 0) is 37.6 Å². The number of methoxy groups -OCH3 is 1. The fourth-order valence-corrected chi connectivity index (χ4v) is 1.97. The van der Waals surface area contributed by atoms with Crippen molar-refractivity contribution in [1.82, 2.24) is 5.32 Å². The van der Waals surface area contributed by atoms with Crippen molar-refractivity contribution in [2.75, 3.05) is 14.2 Å². The summed E-state index contributed by atoms with van der Waals surface area (Å²) in [6.07, 6.45) is 1.02. The number of hydrogen-bond donors (Lipinski definition) is 1. The number of benzene rings is 1. The van der Waals surface area contributed by atoms with E-state index in [-0.39, 0.29) is 18.0 Å². The topological polar surface area (TPSA) is 21.3 Å². The van der Waals surface area contributed by atoms with Crippen LogP contribution in [0.15, 0.2) is 18.2 Å². The molecule has 1 aromatic rings. The summed E-state index contributed by atoms with van der Waals surface area (Å²) in [5.41, 5.74) is 1.74. The number of ether oxygens (including phenoxy) is 1. The van der Waals surface area contributed by atoms with Crippen LogP contribution in [0.25, 0.3) is 0 Å². The molecule has 0 bridgehead atoms. The smallest absolute Gasteiger partial charge is 0.126 e. The number of hydrogen-bond acceptors (Lipinski definition) is 2. The summed E-state index contributed by atoms with van der Waals surface area (Å²) in [5.74, 6) is -0.163. The maximum Gasteiger partial charge on any atom is 0.126 e. The summed E-state index contributed by atoms with van der Waals surface area (Å²) in [7, 11) is 3.60. The third-order valence-electron chi connectivity index (χ3n) is 2.93. The van der Waals surface area contributed by atoms with Gasteiger partial charge in [0.05, 0.1) is 12.1 Å². The lowest BCUT2D eigenvalue weighted by molar-refractivity contribution is 0.0675. The molecule has 0 saturated heterocycles. The molecule has 0 spiro atoms. The summed E-state index contributed by atoms with van der Waals surface area (Å²) < 4.78 is 18.6. The summed E-state index contributed by atoms with van der Waals surface area (Å²) >= 11 is 0. The Hall–Kier alpha value is -0.930. The highest BCUT2D eigenvalue weighted by Gasteiger charge is 2.20. The van der Waals surface area contributed by atoms with Gasteiger partial charge in [0.2, 0.25) is 0 Å². The Kier molecular flexibility index (Phi) is 4.90. The van der Waals surface area contributed by atoms with Gasteiger partial charge in [0.1, 0.15) is 5.82 Å². The maximum atomic E-state index is 13.2. The average molecular weight is 225 g/mol. The van der Waals surface area contributed by atoms with Crippen LogP contribution < -0.4 is 5.32 Å². The Morgan fingerprint density at radius 2 is 2.12 bits per heavy atom. The molecule has 1 rings (SSSR count). The van der Waals surface area contributed by atoms with Gasteiger partial charge in [0, 0.05) is 7.11 Å². The van der Waals surface area contributed by atoms with Crippen LogP contribution in [-0.2, 0) is 4.74 Å². The molecule has 0 fully saturated rings. The molecule has 16 heavy (non-hydrogen) atoms. The predicted molar refractivity (Wildman–Crippen MR) is 64.0 cm³/mol. The van der Waals surface area contributed by atoms with Crippen molar-refractivity contribution in [3.05, 3.63) is 35.1 Å². The van der Waals surface area contributed by atoms with E-state index in [2.05, 4.69) is 12.2 Å². The van der Waals surface area contributed by atoms with E-state index in [0.29, 0.717) is 5.56 Å². The highest BCUT2D eigenvalue weighted by atomic mass is 19.1. The van der Waals surface area contributed by atoms with Crippen molar-refractivity contribution in [3.63, 3.8) is 0 Å². The van der Waals surface area contributed by atoms with Crippen LogP contribution in [0.5, 0.6) is 0 Å². The molecule has 0 aliphatic carbocycles. The zero-order valence-electron chi connectivity index (χ0n) is 10.4. The molecule has 0 aliphatic rings. The molecular formula is C13H20FNO. The van der Waals surface area contributed by atoms with Crippen LogP contribution >= 0.6 is 0 Å². The quantitative estimate of drug-likeness (QED) is 0.832. The van der Waals surface area contributed by atoms with Gasteiger partial charge in [0.25, 0.3) is 0 Å². The molecule has 2 atom stereocenters. The monoisotopic (exact) mass is 225 g/mol. The molecule has 0 aromatic heterocycles. The van der Waals surface area contributed by atoms with E-state index in [0.717, 1.165) is 12.0 Å². The molecule has 3 heteroatoms. The second kappa shape index (κ2) is 5.97. The molecular weight excluding hydrogens is 205 g/mol. The highest BCUT2D eigenvalue weighted by Crippen LogP contribution is 2.22. The van der Waals surface area contributed by atoms with Crippen molar-refractivity contribution in [1.29, 1.82) is 0 Å². The Labute approximate surface area is 96.8 Å². The lowest BCUT2D eigenvalue weighted by Crippen LogP contribution is -2.30. The predicted octanol–water partition coefficient (Wildman–Crippen LogP) is 2.82. The first-order valence-electron chi connectivity index (χ1n) is 5.60. The first kappa shape index (κ1) is 13.1. The Balaban J connectivity index is 2.98. The van der Waals surface area contributed by atoms with E-state index in [4.69, 9.17) is 4.74 Å². The molecule has 0 saturated carbocycles. The van der Waals surface area contributed by atoms with Crippen LogP contribution in [0.4, 0.5) is 4.39 Å². The van der Waals surface area contributed by atoms with E-state index in [1.165, 1.54) is 6.07 Å². The minimum atomic E-state index is -0.163. The van der Waals surface area contributed by atoms with Gasteiger partial charge in [-0.1, -0.05) is 19.1 Å². The van der Waals surface area contributed by atoms with Gasteiger partial charge in [0.15, 0.2) is 0 Å². The molecule has 1 N–H and O–H groups in total. The molecule has 0 heterocycles. The van der Waals surface area contributed by atoms with Crippen LogP contribution in [0, 0.1) is 12.7 Å². The first-order chi connectivity index (χ1) is 7.63. The molecule has 0 aliphatic heterocycles. The molecule has 0 radical (unpaired) electrons. The Morgan fingerprint density at radius 1 is 1.44 bits per heavy atom. The lowest BCUT2D eigenvalue weighted by atomic mass is 9.98. The summed E-state index contributed by atoms with van der Waals surface area (Å²) in [5, 5.41) is 3.22. The molecule has 2 unspecified atom stereocenters. The Bertz CT molecular complexity index is 337. The van der Waals surface area contributed by atoms with E-state index in [1.807, 2.05) is 19.2 Å². The Morgan fingerprint density at radius 3 is 2.56 bits per heavy atom. The molecule has 90 valence electrons. The SMILES string of the molecule is CCC(OC)C(NC)c1ccc(F)c(C)c1. The van der Waals surface area contributed by atoms with Gasteiger partial charge in [-0.2, -0.15) is 0 Å². The number of halogens is 1. The van der Waals surface area contributed by atoms with Gasteiger partial charge in [-0.3, -0.25) is 0 Å². The van der Waals surface area contributed by atoms with Crippen molar-refractivity contribution in [3.8, 4) is 0 Å². The number of likely N-dealkylation sites (N-methyl/N-ethyl adjacent to an activating group) is 1. The second-order valence-electron chi connectivity index (χ2n) is 3.96. The minimum absolute atomic E-state index is 0.106. The maximum absolute atomic E-state index is 13.2. The second-order valence-corrected chi connectivity index (χ2v) is 3.96. The first-order valence-corrected chi connectivity index (χ1v) is 5.60.